The van der Waals surface area contributed by atoms with Gasteiger partial charge in [-0.1, -0.05) is 25.0 Å². The zero-order valence-electron chi connectivity index (χ0n) is 12.1. The highest BCUT2D eigenvalue weighted by Crippen LogP contribution is 2.32. The predicted molar refractivity (Wildman–Crippen MR) is 82.5 cm³/mol. The predicted octanol–water partition coefficient (Wildman–Crippen LogP) is 2.93. The fourth-order valence-corrected chi connectivity index (χ4v) is 3.36. The zero-order valence-corrected chi connectivity index (χ0v) is 12.1. The lowest BCUT2D eigenvalue weighted by molar-refractivity contribution is -0.131. The molecular formula is C17H21NO3. The van der Waals surface area contributed by atoms with Crippen LogP contribution in [0.5, 0.6) is 0 Å². The minimum Gasteiger partial charge on any atom is -0.478 e. The summed E-state index contributed by atoms with van der Waals surface area (Å²) in [6, 6.07) is 8.61. The number of hydrogen-bond donors (Lipinski definition) is 1. The molecule has 0 bridgehead atoms. The van der Waals surface area contributed by atoms with Crippen molar-refractivity contribution in [1.82, 2.24) is 0 Å². The number of carboxylic acids is 1. The topological polar surface area (TPSA) is 49.8 Å². The number of hydrogen-bond acceptors (Lipinski definition) is 3. The van der Waals surface area contributed by atoms with Crippen molar-refractivity contribution in [2.45, 2.75) is 37.8 Å². The van der Waals surface area contributed by atoms with E-state index in [9.17, 15) is 4.79 Å². The highest BCUT2D eigenvalue weighted by molar-refractivity contribution is 5.85. The number of rotatable bonds is 3. The summed E-state index contributed by atoms with van der Waals surface area (Å²) in [4.78, 5) is 13.0. The first-order valence-corrected chi connectivity index (χ1v) is 7.63. The maximum absolute atomic E-state index is 10.5. The van der Waals surface area contributed by atoms with Crippen molar-refractivity contribution in [2.75, 3.05) is 18.1 Å². The molecule has 1 saturated carbocycles. The molecule has 1 aliphatic heterocycles. The number of nitrogens with zero attached hydrogens (tertiary/aromatic N) is 1. The van der Waals surface area contributed by atoms with Crippen molar-refractivity contribution in [3.63, 3.8) is 0 Å². The second-order valence-electron chi connectivity index (χ2n) is 5.72. The summed E-state index contributed by atoms with van der Waals surface area (Å²) in [7, 11) is 0. The van der Waals surface area contributed by atoms with Gasteiger partial charge < -0.3 is 14.7 Å². The number of anilines is 1. The normalized spacial score (nSPS) is 25.8. The summed E-state index contributed by atoms with van der Waals surface area (Å²) < 4.78 is 5.90. The Balaban J connectivity index is 1.75. The van der Waals surface area contributed by atoms with Gasteiger partial charge in [0.2, 0.25) is 0 Å². The van der Waals surface area contributed by atoms with Crippen LogP contribution in [-0.2, 0) is 9.53 Å². The lowest BCUT2D eigenvalue weighted by atomic mass is 9.89. The highest BCUT2D eigenvalue weighted by atomic mass is 16.5. The molecule has 2 atom stereocenters. The SMILES string of the molecule is O=C(O)C=Cc1ccc(N2CCOC3CCCCC32)cc1. The van der Waals surface area contributed by atoms with Gasteiger partial charge in [0.1, 0.15) is 0 Å². The summed E-state index contributed by atoms with van der Waals surface area (Å²) in [5, 5.41) is 8.65. The Kier molecular flexibility index (Phi) is 4.25. The highest BCUT2D eigenvalue weighted by Gasteiger charge is 2.34. The monoisotopic (exact) mass is 287 g/mol. The largest absolute Gasteiger partial charge is 0.478 e. The second kappa shape index (κ2) is 6.31. The third-order valence-corrected chi connectivity index (χ3v) is 4.38. The molecule has 1 aromatic carbocycles. The molecule has 4 heteroatoms. The Morgan fingerprint density at radius 2 is 2.00 bits per heavy atom. The van der Waals surface area contributed by atoms with Crippen LogP contribution >= 0.6 is 0 Å². The summed E-state index contributed by atoms with van der Waals surface area (Å²) in [5.74, 6) is -0.919. The van der Waals surface area contributed by atoms with Crippen LogP contribution < -0.4 is 4.90 Å². The van der Waals surface area contributed by atoms with E-state index < -0.39 is 5.97 Å². The van der Waals surface area contributed by atoms with Gasteiger partial charge >= 0.3 is 5.97 Å². The lowest BCUT2D eigenvalue weighted by Gasteiger charge is -2.45. The zero-order chi connectivity index (χ0) is 14.7. The van der Waals surface area contributed by atoms with Gasteiger partial charge in [-0.2, -0.15) is 0 Å². The standard InChI is InChI=1S/C17H21NO3/c19-17(20)10-7-13-5-8-14(9-6-13)18-11-12-21-16-4-2-1-3-15(16)18/h5-10,15-16H,1-4,11-12H2,(H,19,20). The molecule has 1 heterocycles. The minimum absolute atomic E-state index is 0.374. The number of ether oxygens (including phenoxy) is 1. The number of fused-ring (bicyclic) bond motifs is 1. The Hall–Kier alpha value is -1.81. The molecule has 1 saturated heterocycles. The second-order valence-corrected chi connectivity index (χ2v) is 5.72. The van der Waals surface area contributed by atoms with E-state index >= 15 is 0 Å². The molecule has 1 aliphatic carbocycles. The summed E-state index contributed by atoms with van der Waals surface area (Å²) in [6.07, 6.45) is 8.08. The molecule has 4 nitrogen and oxygen atoms in total. The van der Waals surface area contributed by atoms with Gasteiger partial charge in [0.15, 0.2) is 0 Å². The van der Waals surface area contributed by atoms with Gasteiger partial charge in [0.05, 0.1) is 18.8 Å². The summed E-state index contributed by atoms with van der Waals surface area (Å²) >= 11 is 0. The molecule has 2 aliphatic rings. The van der Waals surface area contributed by atoms with Crippen LogP contribution in [0, 0.1) is 0 Å². The van der Waals surface area contributed by atoms with Crippen LogP contribution in [0.1, 0.15) is 31.2 Å². The van der Waals surface area contributed by atoms with Gasteiger partial charge in [-0.15, -0.1) is 0 Å². The smallest absolute Gasteiger partial charge is 0.328 e. The first-order chi connectivity index (χ1) is 10.2. The van der Waals surface area contributed by atoms with Crippen molar-refractivity contribution in [2.24, 2.45) is 0 Å². The summed E-state index contributed by atoms with van der Waals surface area (Å²) in [5.41, 5.74) is 2.12. The first kappa shape index (κ1) is 14.1. The Labute approximate surface area is 125 Å². The van der Waals surface area contributed by atoms with Crippen LogP contribution in [0.4, 0.5) is 5.69 Å². The molecule has 21 heavy (non-hydrogen) atoms. The molecule has 0 aromatic heterocycles. The van der Waals surface area contributed by atoms with Crippen molar-refractivity contribution < 1.29 is 14.6 Å². The third kappa shape index (κ3) is 3.27. The molecule has 0 radical (unpaired) electrons. The molecule has 0 spiro atoms. The number of benzene rings is 1. The van der Waals surface area contributed by atoms with Crippen LogP contribution in [0.15, 0.2) is 30.3 Å². The van der Waals surface area contributed by atoms with Crippen LogP contribution in [-0.4, -0.2) is 36.4 Å². The molecule has 2 unspecified atom stereocenters. The van der Waals surface area contributed by atoms with Crippen molar-refractivity contribution in [3.8, 4) is 0 Å². The van der Waals surface area contributed by atoms with Crippen molar-refractivity contribution in [3.05, 3.63) is 35.9 Å². The van der Waals surface area contributed by atoms with E-state index in [1.807, 2.05) is 12.1 Å². The number of morpholine rings is 1. The number of carbonyl (C=O) groups is 1. The van der Waals surface area contributed by atoms with E-state index in [1.165, 1.54) is 37.4 Å². The fourth-order valence-electron chi connectivity index (χ4n) is 3.36. The number of carboxylic acid groups (broad SMARTS) is 1. The molecule has 0 amide bonds. The van der Waals surface area contributed by atoms with Crippen molar-refractivity contribution in [1.29, 1.82) is 0 Å². The van der Waals surface area contributed by atoms with E-state index in [-0.39, 0.29) is 0 Å². The minimum atomic E-state index is -0.919. The molecule has 2 fully saturated rings. The first-order valence-electron chi connectivity index (χ1n) is 7.63. The van der Waals surface area contributed by atoms with E-state index in [1.54, 1.807) is 6.08 Å². The summed E-state index contributed by atoms with van der Waals surface area (Å²) in [6.45, 7) is 1.73. The molecule has 112 valence electrons. The van der Waals surface area contributed by atoms with Crippen LogP contribution in [0.2, 0.25) is 0 Å². The quantitative estimate of drug-likeness (QED) is 0.868. The fraction of sp³-hybridized carbons (Fsp3) is 0.471. The Morgan fingerprint density at radius 1 is 1.24 bits per heavy atom. The number of aliphatic carboxylic acids is 1. The van der Waals surface area contributed by atoms with Crippen molar-refractivity contribution >= 4 is 17.7 Å². The molecule has 1 aromatic rings. The molecule has 3 rings (SSSR count). The third-order valence-electron chi connectivity index (χ3n) is 4.38. The van der Waals surface area contributed by atoms with E-state index in [0.29, 0.717) is 12.1 Å². The van der Waals surface area contributed by atoms with Crippen LogP contribution in [0.3, 0.4) is 0 Å². The van der Waals surface area contributed by atoms with Gasteiger partial charge in [-0.25, -0.2) is 4.79 Å². The van der Waals surface area contributed by atoms with Crippen LogP contribution in [0.25, 0.3) is 6.08 Å². The van der Waals surface area contributed by atoms with E-state index in [0.717, 1.165) is 18.7 Å². The average molecular weight is 287 g/mol. The maximum Gasteiger partial charge on any atom is 0.328 e. The molecular weight excluding hydrogens is 266 g/mol. The molecule has 1 N–H and O–H groups in total. The lowest BCUT2D eigenvalue weighted by Crippen LogP contribution is -2.52. The average Bonchev–Trinajstić information content (AvgIpc) is 2.53. The van der Waals surface area contributed by atoms with Gasteiger partial charge in [-0.3, -0.25) is 0 Å². The van der Waals surface area contributed by atoms with E-state index in [4.69, 9.17) is 9.84 Å². The van der Waals surface area contributed by atoms with Gasteiger partial charge in [0, 0.05) is 18.3 Å². The van der Waals surface area contributed by atoms with Gasteiger partial charge in [0.25, 0.3) is 0 Å². The Morgan fingerprint density at radius 3 is 2.76 bits per heavy atom. The van der Waals surface area contributed by atoms with E-state index in [2.05, 4.69) is 17.0 Å². The Bertz CT molecular complexity index is 521. The maximum atomic E-state index is 10.5. The van der Waals surface area contributed by atoms with Gasteiger partial charge in [-0.05, 0) is 36.6 Å².